The lowest BCUT2D eigenvalue weighted by molar-refractivity contribution is -0.149. The monoisotopic (exact) mass is 382 g/mol. The first-order chi connectivity index (χ1) is 11.4. The molecule has 7 nitrogen and oxygen atoms in total. The SMILES string of the molecule is O=C(O)CN1C(=O)C[C@H](N2C(=O)/C(=C/c3cccs3)SC2=S)C1=O. The second-order valence-corrected chi connectivity index (χ2v) is 7.65. The summed E-state index contributed by atoms with van der Waals surface area (Å²) in [5, 5.41) is 10.7. The molecule has 3 rings (SSSR count). The highest BCUT2D eigenvalue weighted by molar-refractivity contribution is 8.26. The maximum Gasteiger partial charge on any atom is 0.323 e. The van der Waals surface area contributed by atoms with Gasteiger partial charge < -0.3 is 5.11 Å². The van der Waals surface area contributed by atoms with Gasteiger partial charge in [0.2, 0.25) is 5.91 Å². The lowest BCUT2D eigenvalue weighted by Gasteiger charge is -2.20. The largest absolute Gasteiger partial charge is 0.480 e. The molecule has 0 aromatic carbocycles. The Morgan fingerprint density at radius 3 is 2.79 bits per heavy atom. The number of thiocarbonyl (C=S) groups is 1. The van der Waals surface area contributed by atoms with E-state index in [1.54, 1.807) is 6.08 Å². The van der Waals surface area contributed by atoms with Crippen molar-refractivity contribution in [2.75, 3.05) is 6.54 Å². The fraction of sp³-hybridized carbons (Fsp3) is 0.214. The lowest BCUT2D eigenvalue weighted by Crippen LogP contribution is -2.45. The summed E-state index contributed by atoms with van der Waals surface area (Å²) in [4.78, 5) is 50.5. The minimum atomic E-state index is -1.29. The number of carboxylic acid groups (broad SMARTS) is 1. The van der Waals surface area contributed by atoms with E-state index in [4.69, 9.17) is 17.3 Å². The second kappa shape index (κ2) is 6.46. The summed E-state index contributed by atoms with van der Waals surface area (Å²) in [6.45, 7) is -0.714. The molecule has 124 valence electrons. The van der Waals surface area contributed by atoms with Crippen molar-refractivity contribution in [1.82, 2.24) is 9.80 Å². The zero-order valence-electron chi connectivity index (χ0n) is 12.0. The van der Waals surface area contributed by atoms with Crippen molar-refractivity contribution in [3.8, 4) is 0 Å². The van der Waals surface area contributed by atoms with Crippen molar-refractivity contribution < 1.29 is 24.3 Å². The summed E-state index contributed by atoms with van der Waals surface area (Å²) in [5.41, 5.74) is 0. The number of thioether (sulfide) groups is 1. The number of hydrogen-bond acceptors (Lipinski definition) is 7. The Bertz CT molecular complexity index is 786. The van der Waals surface area contributed by atoms with Gasteiger partial charge >= 0.3 is 5.97 Å². The highest BCUT2D eigenvalue weighted by atomic mass is 32.2. The van der Waals surface area contributed by atoms with Crippen LogP contribution < -0.4 is 0 Å². The van der Waals surface area contributed by atoms with E-state index < -0.39 is 36.3 Å². The standard InChI is InChI=1S/C14H10N2O5S3/c17-10-5-8(12(20)15(10)6-11(18)19)16-13(21)9(24-14(16)22)4-7-2-1-3-23-7/h1-4,8H,5-6H2,(H,18,19)/b9-4-/t8-/m0/s1. The number of thiophene rings is 1. The van der Waals surface area contributed by atoms with Crippen LogP contribution in [0.5, 0.6) is 0 Å². The first-order valence-corrected chi connectivity index (χ1v) is 8.85. The van der Waals surface area contributed by atoms with E-state index in [1.165, 1.54) is 11.3 Å². The number of rotatable bonds is 4. The number of nitrogens with zero attached hydrogens (tertiary/aromatic N) is 2. The van der Waals surface area contributed by atoms with Gasteiger partial charge in [0.25, 0.3) is 11.8 Å². The summed E-state index contributed by atoms with van der Waals surface area (Å²) in [7, 11) is 0. The van der Waals surface area contributed by atoms with Gasteiger partial charge in [-0.1, -0.05) is 30.0 Å². The zero-order chi connectivity index (χ0) is 17.4. The molecular weight excluding hydrogens is 372 g/mol. The van der Waals surface area contributed by atoms with Crippen molar-refractivity contribution in [3.05, 3.63) is 27.3 Å². The number of aliphatic carboxylic acids is 1. The molecule has 0 bridgehead atoms. The molecule has 24 heavy (non-hydrogen) atoms. The van der Waals surface area contributed by atoms with Gasteiger partial charge in [-0.3, -0.25) is 29.0 Å². The normalized spacial score (nSPS) is 23.0. The second-order valence-electron chi connectivity index (χ2n) is 5.00. The van der Waals surface area contributed by atoms with Gasteiger partial charge in [0, 0.05) is 4.88 Å². The van der Waals surface area contributed by atoms with Gasteiger partial charge in [0.05, 0.1) is 11.3 Å². The summed E-state index contributed by atoms with van der Waals surface area (Å²) in [6.07, 6.45) is 1.42. The van der Waals surface area contributed by atoms with E-state index in [0.29, 0.717) is 9.81 Å². The van der Waals surface area contributed by atoms with Crippen LogP contribution in [0.1, 0.15) is 11.3 Å². The summed E-state index contributed by atoms with van der Waals surface area (Å²) < 4.78 is 0.186. The first-order valence-electron chi connectivity index (χ1n) is 6.75. The molecule has 1 aromatic heterocycles. The Morgan fingerprint density at radius 1 is 1.42 bits per heavy atom. The van der Waals surface area contributed by atoms with Crippen molar-refractivity contribution in [2.24, 2.45) is 0 Å². The third kappa shape index (κ3) is 2.99. The molecule has 1 N–H and O–H groups in total. The molecule has 1 atom stereocenters. The third-order valence-electron chi connectivity index (χ3n) is 3.47. The van der Waals surface area contributed by atoms with E-state index in [-0.39, 0.29) is 10.7 Å². The molecule has 0 saturated carbocycles. The topological polar surface area (TPSA) is 95.0 Å². The molecular formula is C14H10N2O5S3. The molecule has 0 radical (unpaired) electrons. The number of imide groups is 1. The Balaban J connectivity index is 1.84. The van der Waals surface area contributed by atoms with Crippen LogP contribution in [0.2, 0.25) is 0 Å². The molecule has 3 amide bonds. The maximum absolute atomic E-state index is 12.6. The van der Waals surface area contributed by atoms with Crippen LogP contribution in [0.25, 0.3) is 6.08 Å². The number of carbonyl (C=O) groups is 4. The summed E-state index contributed by atoms with van der Waals surface area (Å²) in [6, 6.07) is 2.62. The first kappa shape index (κ1) is 16.8. The average Bonchev–Trinajstić information content (AvgIpc) is 3.17. The van der Waals surface area contributed by atoms with Crippen LogP contribution in [-0.2, 0) is 19.2 Å². The molecule has 2 fully saturated rings. The van der Waals surface area contributed by atoms with Crippen molar-refractivity contribution in [3.63, 3.8) is 0 Å². The molecule has 3 heterocycles. The number of hydrogen-bond donors (Lipinski definition) is 1. The van der Waals surface area contributed by atoms with Crippen LogP contribution in [0, 0.1) is 0 Å². The van der Waals surface area contributed by atoms with Crippen LogP contribution in [-0.4, -0.2) is 55.5 Å². The van der Waals surface area contributed by atoms with E-state index in [1.807, 2.05) is 17.5 Å². The molecule has 1 aromatic rings. The Labute approximate surface area is 149 Å². The molecule has 2 saturated heterocycles. The molecule has 0 aliphatic carbocycles. The number of amides is 3. The maximum atomic E-state index is 12.6. The number of likely N-dealkylation sites (tertiary alicyclic amines) is 1. The highest BCUT2D eigenvalue weighted by Gasteiger charge is 2.48. The minimum absolute atomic E-state index is 0.186. The van der Waals surface area contributed by atoms with E-state index in [9.17, 15) is 19.2 Å². The average molecular weight is 382 g/mol. The fourth-order valence-electron chi connectivity index (χ4n) is 2.42. The summed E-state index contributed by atoms with van der Waals surface area (Å²) >= 11 is 7.70. The van der Waals surface area contributed by atoms with Gasteiger partial charge in [-0.05, 0) is 17.5 Å². The third-order valence-corrected chi connectivity index (χ3v) is 5.61. The van der Waals surface area contributed by atoms with Crippen LogP contribution >= 0.6 is 35.3 Å². The van der Waals surface area contributed by atoms with Gasteiger partial charge in [0.1, 0.15) is 16.9 Å². The number of carbonyl (C=O) groups excluding carboxylic acids is 3. The Kier molecular flexibility index (Phi) is 4.52. The molecule has 0 spiro atoms. The molecule has 2 aliphatic rings. The molecule has 0 unspecified atom stereocenters. The van der Waals surface area contributed by atoms with Gasteiger partial charge in [-0.15, -0.1) is 11.3 Å². The van der Waals surface area contributed by atoms with E-state index >= 15 is 0 Å². The molecule has 2 aliphatic heterocycles. The van der Waals surface area contributed by atoms with Crippen LogP contribution in [0.15, 0.2) is 22.4 Å². The predicted octanol–water partition coefficient (Wildman–Crippen LogP) is 1.16. The van der Waals surface area contributed by atoms with Gasteiger partial charge in [-0.25, -0.2) is 0 Å². The fourth-order valence-corrected chi connectivity index (χ4v) is 4.50. The van der Waals surface area contributed by atoms with Crippen LogP contribution in [0.4, 0.5) is 0 Å². The Morgan fingerprint density at radius 2 is 2.17 bits per heavy atom. The van der Waals surface area contributed by atoms with E-state index in [0.717, 1.165) is 21.5 Å². The molecule has 10 heteroatoms. The smallest absolute Gasteiger partial charge is 0.323 e. The van der Waals surface area contributed by atoms with Gasteiger partial charge in [-0.2, -0.15) is 0 Å². The van der Waals surface area contributed by atoms with Crippen LogP contribution in [0.3, 0.4) is 0 Å². The quantitative estimate of drug-likeness (QED) is 0.474. The predicted molar refractivity (Wildman–Crippen MR) is 92.1 cm³/mol. The summed E-state index contributed by atoms with van der Waals surface area (Å²) in [5.74, 6) is -3.07. The number of carboxylic acids is 1. The minimum Gasteiger partial charge on any atom is -0.480 e. The van der Waals surface area contributed by atoms with Gasteiger partial charge in [0.15, 0.2) is 0 Å². The highest BCUT2D eigenvalue weighted by Crippen LogP contribution is 2.36. The van der Waals surface area contributed by atoms with Crippen molar-refractivity contribution in [2.45, 2.75) is 12.5 Å². The van der Waals surface area contributed by atoms with E-state index in [2.05, 4.69) is 0 Å². The Hall–Kier alpha value is -2.04. The van der Waals surface area contributed by atoms with Crippen molar-refractivity contribution in [1.29, 1.82) is 0 Å². The zero-order valence-corrected chi connectivity index (χ0v) is 14.4. The lowest BCUT2D eigenvalue weighted by atomic mass is 10.2. The van der Waals surface area contributed by atoms with Crippen molar-refractivity contribution >= 4 is 69.4 Å².